The quantitative estimate of drug-likeness (QED) is 0.672. The van der Waals surface area contributed by atoms with Gasteiger partial charge in [0.15, 0.2) is 0 Å². The third kappa shape index (κ3) is 5.25. The van der Waals surface area contributed by atoms with Crippen molar-refractivity contribution in [3.8, 4) is 0 Å². The van der Waals surface area contributed by atoms with Gasteiger partial charge in [-0.15, -0.1) is 0 Å². The summed E-state index contributed by atoms with van der Waals surface area (Å²) in [6.45, 7) is 1.83. The highest BCUT2D eigenvalue weighted by Gasteiger charge is 2.21. The second kappa shape index (κ2) is 6.54. The minimum absolute atomic E-state index is 0.171. The van der Waals surface area contributed by atoms with E-state index in [1.54, 1.807) is 0 Å². The van der Waals surface area contributed by atoms with Gasteiger partial charge in [-0.1, -0.05) is 6.42 Å². The van der Waals surface area contributed by atoms with Gasteiger partial charge in [0.1, 0.15) is 0 Å². The molecule has 2 N–H and O–H groups in total. The van der Waals surface area contributed by atoms with E-state index in [9.17, 15) is 8.42 Å². The Morgan fingerprint density at radius 1 is 1.31 bits per heavy atom. The Morgan fingerprint density at radius 2 is 2.06 bits per heavy atom. The van der Waals surface area contributed by atoms with Crippen LogP contribution in [0, 0.1) is 0 Å². The molecule has 0 saturated carbocycles. The molecule has 1 heterocycles. The number of hydrogen-bond acceptors (Lipinski definition) is 4. The van der Waals surface area contributed by atoms with Crippen molar-refractivity contribution in [2.24, 2.45) is 0 Å². The van der Waals surface area contributed by atoms with Crippen LogP contribution in [0.1, 0.15) is 32.1 Å². The van der Waals surface area contributed by atoms with Gasteiger partial charge in [0, 0.05) is 12.6 Å². The largest absolute Gasteiger partial charge is 0.396 e. The predicted octanol–water partition coefficient (Wildman–Crippen LogP) is 0.501. The highest BCUT2D eigenvalue weighted by atomic mass is 32.2. The van der Waals surface area contributed by atoms with Gasteiger partial charge in [0.25, 0.3) is 10.1 Å². The van der Waals surface area contributed by atoms with E-state index in [1.807, 2.05) is 0 Å². The monoisotopic (exact) mass is 251 g/mol. The molecular formula is C10H21NO4S. The average Bonchev–Trinajstić information content (AvgIpc) is 2.19. The molecule has 0 bridgehead atoms. The zero-order valence-corrected chi connectivity index (χ0v) is 10.3. The molecule has 16 heavy (non-hydrogen) atoms. The summed E-state index contributed by atoms with van der Waals surface area (Å²) >= 11 is 0. The van der Waals surface area contributed by atoms with E-state index in [0.717, 1.165) is 25.8 Å². The van der Waals surface area contributed by atoms with E-state index < -0.39 is 10.1 Å². The van der Waals surface area contributed by atoms with E-state index in [1.165, 1.54) is 6.42 Å². The van der Waals surface area contributed by atoms with Crippen LogP contribution in [0.3, 0.4) is 0 Å². The van der Waals surface area contributed by atoms with Crippen LogP contribution in [0.5, 0.6) is 0 Å². The first-order chi connectivity index (χ1) is 7.53. The van der Waals surface area contributed by atoms with Gasteiger partial charge in [-0.2, -0.15) is 8.42 Å². The number of rotatable bonds is 6. The van der Waals surface area contributed by atoms with E-state index in [0.29, 0.717) is 19.0 Å². The molecule has 0 aliphatic carbocycles. The Morgan fingerprint density at radius 3 is 2.69 bits per heavy atom. The molecule has 1 saturated heterocycles. The number of piperidine rings is 1. The van der Waals surface area contributed by atoms with Crippen molar-refractivity contribution in [1.82, 2.24) is 4.90 Å². The molecule has 0 aromatic carbocycles. The third-order valence-corrected chi connectivity index (χ3v) is 3.86. The summed E-state index contributed by atoms with van der Waals surface area (Å²) in [6.07, 6.45) is 4.60. The lowest BCUT2D eigenvalue weighted by molar-refractivity contribution is 0.119. The zero-order chi connectivity index (χ0) is 12.0. The summed E-state index contributed by atoms with van der Waals surface area (Å²) in [7, 11) is -3.83. The molecular weight excluding hydrogens is 230 g/mol. The number of likely N-dealkylation sites (tertiary alicyclic amines) is 1. The second-order valence-electron chi connectivity index (χ2n) is 4.34. The Balaban J connectivity index is 2.32. The van der Waals surface area contributed by atoms with Gasteiger partial charge in [-0.3, -0.25) is 4.55 Å². The van der Waals surface area contributed by atoms with Crippen LogP contribution in [0.4, 0.5) is 0 Å². The van der Waals surface area contributed by atoms with Crippen molar-refractivity contribution in [1.29, 1.82) is 0 Å². The van der Waals surface area contributed by atoms with Crippen molar-refractivity contribution >= 4 is 10.1 Å². The summed E-state index contributed by atoms with van der Waals surface area (Å²) in [4.78, 5) is 2.23. The van der Waals surface area contributed by atoms with E-state index in [2.05, 4.69) is 4.90 Å². The first kappa shape index (κ1) is 13.9. The summed E-state index contributed by atoms with van der Waals surface area (Å²) in [6, 6.07) is 0.375. The topological polar surface area (TPSA) is 77.8 Å². The van der Waals surface area contributed by atoms with E-state index in [4.69, 9.17) is 9.66 Å². The highest BCUT2D eigenvalue weighted by molar-refractivity contribution is 7.85. The molecule has 96 valence electrons. The number of nitrogens with zero attached hydrogens (tertiary/aromatic N) is 1. The van der Waals surface area contributed by atoms with Crippen molar-refractivity contribution in [3.63, 3.8) is 0 Å². The Bertz CT molecular complexity index is 289. The normalized spacial score (nSPS) is 23.5. The molecule has 5 nitrogen and oxygen atoms in total. The fourth-order valence-electron chi connectivity index (χ4n) is 2.28. The summed E-state index contributed by atoms with van der Waals surface area (Å²) < 4.78 is 29.8. The molecule has 1 aliphatic heterocycles. The van der Waals surface area contributed by atoms with Crippen molar-refractivity contribution in [3.05, 3.63) is 0 Å². The molecule has 0 radical (unpaired) electrons. The fourth-order valence-corrected chi connectivity index (χ4v) is 2.77. The number of aliphatic hydroxyl groups excluding tert-OH is 1. The van der Waals surface area contributed by atoms with Crippen molar-refractivity contribution in [2.45, 2.75) is 38.1 Å². The smallest absolute Gasteiger partial charge is 0.264 e. The maximum Gasteiger partial charge on any atom is 0.264 e. The third-order valence-electron chi connectivity index (χ3n) is 3.06. The minimum Gasteiger partial charge on any atom is -0.396 e. The molecule has 1 atom stereocenters. The molecule has 6 heteroatoms. The average molecular weight is 251 g/mol. The van der Waals surface area contributed by atoms with E-state index in [-0.39, 0.29) is 12.4 Å². The van der Waals surface area contributed by atoms with Crippen LogP contribution in [-0.4, -0.2) is 54.5 Å². The molecule has 1 unspecified atom stereocenters. The van der Waals surface area contributed by atoms with Crippen LogP contribution < -0.4 is 0 Å². The molecule has 1 aliphatic rings. The lowest BCUT2D eigenvalue weighted by Gasteiger charge is -2.35. The van der Waals surface area contributed by atoms with Crippen molar-refractivity contribution < 1.29 is 18.1 Å². The van der Waals surface area contributed by atoms with E-state index >= 15 is 0 Å². The molecule has 1 rings (SSSR count). The zero-order valence-electron chi connectivity index (χ0n) is 9.51. The SMILES string of the molecule is O=S(=O)(O)CCCN1CCCCC1CCO. The van der Waals surface area contributed by atoms with Gasteiger partial charge < -0.3 is 10.0 Å². The van der Waals surface area contributed by atoms with Crippen LogP contribution in [0.15, 0.2) is 0 Å². The maximum absolute atomic E-state index is 10.6. The van der Waals surface area contributed by atoms with Crippen LogP contribution in [-0.2, 0) is 10.1 Å². The van der Waals surface area contributed by atoms with Crippen LogP contribution in [0.25, 0.3) is 0 Å². The minimum atomic E-state index is -3.83. The highest BCUT2D eigenvalue weighted by Crippen LogP contribution is 2.19. The van der Waals surface area contributed by atoms with Gasteiger partial charge in [-0.05, 0) is 38.8 Å². The van der Waals surface area contributed by atoms with Crippen molar-refractivity contribution in [2.75, 3.05) is 25.4 Å². The van der Waals surface area contributed by atoms with Gasteiger partial charge in [-0.25, -0.2) is 0 Å². The molecule has 0 spiro atoms. The summed E-state index contributed by atoms with van der Waals surface area (Å²) in [5, 5.41) is 8.93. The van der Waals surface area contributed by atoms with Crippen LogP contribution in [0.2, 0.25) is 0 Å². The van der Waals surface area contributed by atoms with Gasteiger partial charge in [0.05, 0.1) is 5.75 Å². The summed E-state index contributed by atoms with van der Waals surface area (Å²) in [5.74, 6) is -0.171. The maximum atomic E-state index is 10.6. The predicted molar refractivity (Wildman–Crippen MR) is 61.9 cm³/mol. The van der Waals surface area contributed by atoms with Gasteiger partial charge >= 0.3 is 0 Å². The second-order valence-corrected chi connectivity index (χ2v) is 5.91. The Kier molecular flexibility index (Phi) is 5.68. The van der Waals surface area contributed by atoms with Crippen LogP contribution >= 0.6 is 0 Å². The lowest BCUT2D eigenvalue weighted by Crippen LogP contribution is -2.41. The summed E-state index contributed by atoms with van der Waals surface area (Å²) in [5.41, 5.74) is 0. The fraction of sp³-hybridized carbons (Fsp3) is 1.00. The van der Waals surface area contributed by atoms with Gasteiger partial charge in [0.2, 0.25) is 0 Å². The lowest BCUT2D eigenvalue weighted by atomic mass is 9.99. The standard InChI is InChI=1S/C10H21NO4S/c12-8-5-10-4-1-2-6-11(10)7-3-9-16(13,14)15/h10,12H,1-9H2,(H,13,14,15). The number of hydrogen-bond donors (Lipinski definition) is 2. The molecule has 0 aromatic heterocycles. The number of aliphatic hydroxyl groups is 1. The Hall–Kier alpha value is -0.170. The Labute approximate surface area is 97.2 Å². The molecule has 0 amide bonds. The first-order valence-electron chi connectivity index (χ1n) is 5.83. The molecule has 1 fully saturated rings. The first-order valence-corrected chi connectivity index (χ1v) is 7.44. The molecule has 0 aromatic rings.